The molecule has 0 atom stereocenters. The highest BCUT2D eigenvalue weighted by molar-refractivity contribution is 4.48. The summed E-state index contributed by atoms with van der Waals surface area (Å²) in [5.41, 5.74) is 0. The van der Waals surface area contributed by atoms with E-state index in [1.807, 2.05) is 13.8 Å². The maximum absolute atomic E-state index is 5.63. The fraction of sp³-hybridized carbons (Fsp3) is 1.00. The number of ether oxygens (including phenoxy) is 6. The second-order valence-electron chi connectivity index (χ2n) is 8.52. The van der Waals surface area contributed by atoms with Crippen LogP contribution in [0.2, 0.25) is 0 Å². The summed E-state index contributed by atoms with van der Waals surface area (Å²) in [7, 11) is 0. The van der Waals surface area contributed by atoms with Gasteiger partial charge in [-0.05, 0) is 20.3 Å². The van der Waals surface area contributed by atoms with Gasteiger partial charge in [0.2, 0.25) is 0 Å². The number of hydrogen-bond donors (Lipinski definition) is 0. The zero-order chi connectivity index (χ0) is 23.4. The maximum Gasteiger partial charge on any atom is 0.0703 e. The monoisotopic (exact) mass is 462 g/mol. The third-order valence-electron chi connectivity index (χ3n) is 5.06. The van der Waals surface area contributed by atoms with Crippen molar-refractivity contribution in [2.45, 2.75) is 97.5 Å². The summed E-state index contributed by atoms with van der Waals surface area (Å²) >= 11 is 0. The summed E-state index contributed by atoms with van der Waals surface area (Å²) < 4.78 is 32.9. The van der Waals surface area contributed by atoms with Gasteiger partial charge in [-0.25, -0.2) is 0 Å². The molecule has 0 aliphatic heterocycles. The molecular formula is C26H54O6. The standard InChI is InChI=1S/C26H54O6/c1-4-5-6-7-8-9-10-11-12-13-14-15-27-16-17-28-18-19-29-20-21-30-22-23-31-24-25-32-26(2)3/h26H,4-25H2,1-3H3. The van der Waals surface area contributed by atoms with Gasteiger partial charge in [-0.15, -0.1) is 0 Å². The van der Waals surface area contributed by atoms with Gasteiger partial charge >= 0.3 is 0 Å². The predicted molar refractivity (Wildman–Crippen MR) is 132 cm³/mol. The van der Waals surface area contributed by atoms with Crippen molar-refractivity contribution in [3.63, 3.8) is 0 Å². The highest BCUT2D eigenvalue weighted by Crippen LogP contribution is 2.11. The van der Waals surface area contributed by atoms with Gasteiger partial charge in [-0.3, -0.25) is 0 Å². The van der Waals surface area contributed by atoms with Crippen LogP contribution in [0.1, 0.15) is 91.4 Å². The van der Waals surface area contributed by atoms with Crippen molar-refractivity contribution in [1.29, 1.82) is 0 Å². The van der Waals surface area contributed by atoms with Crippen LogP contribution >= 0.6 is 0 Å². The minimum Gasteiger partial charge on any atom is -0.379 e. The molecule has 6 heteroatoms. The van der Waals surface area contributed by atoms with E-state index >= 15 is 0 Å². The molecule has 194 valence electrons. The second-order valence-corrected chi connectivity index (χ2v) is 8.52. The van der Waals surface area contributed by atoms with E-state index < -0.39 is 0 Å². The topological polar surface area (TPSA) is 55.4 Å². The van der Waals surface area contributed by atoms with Crippen LogP contribution in [0.3, 0.4) is 0 Å². The van der Waals surface area contributed by atoms with Gasteiger partial charge in [-0.2, -0.15) is 0 Å². The molecule has 0 saturated heterocycles. The Kier molecular flexibility index (Phi) is 28.6. The summed E-state index contributed by atoms with van der Waals surface area (Å²) in [6, 6.07) is 0. The lowest BCUT2D eigenvalue weighted by Crippen LogP contribution is -2.14. The Labute approximate surface area is 199 Å². The Morgan fingerprint density at radius 1 is 0.375 bits per heavy atom. The van der Waals surface area contributed by atoms with E-state index in [4.69, 9.17) is 28.4 Å². The van der Waals surface area contributed by atoms with Crippen LogP contribution in [-0.4, -0.2) is 78.8 Å². The minimum atomic E-state index is 0.253. The molecule has 0 aliphatic rings. The first-order chi connectivity index (χ1) is 15.8. The second kappa shape index (κ2) is 28.8. The first-order valence-corrected chi connectivity index (χ1v) is 13.3. The normalized spacial score (nSPS) is 11.6. The molecule has 32 heavy (non-hydrogen) atoms. The molecule has 0 N–H and O–H groups in total. The van der Waals surface area contributed by atoms with Crippen molar-refractivity contribution in [3.8, 4) is 0 Å². The van der Waals surface area contributed by atoms with Crippen molar-refractivity contribution in [2.24, 2.45) is 0 Å². The van der Waals surface area contributed by atoms with Crippen LogP contribution < -0.4 is 0 Å². The Balaban J connectivity index is 3.00. The molecule has 0 aromatic rings. The van der Waals surface area contributed by atoms with Crippen molar-refractivity contribution in [2.75, 3.05) is 72.7 Å². The molecule has 0 radical (unpaired) electrons. The Morgan fingerprint density at radius 3 is 1.06 bits per heavy atom. The number of rotatable bonds is 28. The van der Waals surface area contributed by atoms with E-state index in [0.29, 0.717) is 66.1 Å². The quantitative estimate of drug-likeness (QED) is 0.137. The van der Waals surface area contributed by atoms with E-state index in [2.05, 4.69) is 6.92 Å². The summed E-state index contributed by atoms with van der Waals surface area (Å²) in [5.74, 6) is 0. The van der Waals surface area contributed by atoms with Crippen LogP contribution in [0.15, 0.2) is 0 Å². The third kappa shape index (κ3) is 29.8. The highest BCUT2D eigenvalue weighted by atomic mass is 16.6. The summed E-state index contributed by atoms with van der Waals surface area (Å²) in [4.78, 5) is 0. The average molecular weight is 463 g/mol. The molecule has 0 rings (SSSR count). The highest BCUT2D eigenvalue weighted by Gasteiger charge is 1.96. The molecule has 0 aromatic heterocycles. The van der Waals surface area contributed by atoms with E-state index in [9.17, 15) is 0 Å². The largest absolute Gasteiger partial charge is 0.379 e. The molecule has 0 bridgehead atoms. The minimum absolute atomic E-state index is 0.253. The smallest absolute Gasteiger partial charge is 0.0703 e. The van der Waals surface area contributed by atoms with Crippen molar-refractivity contribution >= 4 is 0 Å². The maximum atomic E-state index is 5.63. The first kappa shape index (κ1) is 31.8. The Hall–Kier alpha value is -0.240. The van der Waals surface area contributed by atoms with Crippen LogP contribution in [-0.2, 0) is 28.4 Å². The average Bonchev–Trinajstić information content (AvgIpc) is 2.78. The van der Waals surface area contributed by atoms with Gasteiger partial charge < -0.3 is 28.4 Å². The van der Waals surface area contributed by atoms with Crippen LogP contribution in [0.4, 0.5) is 0 Å². The molecule has 0 amide bonds. The molecule has 0 saturated carbocycles. The van der Waals surface area contributed by atoms with Gasteiger partial charge in [-0.1, -0.05) is 71.1 Å². The zero-order valence-electron chi connectivity index (χ0n) is 21.6. The van der Waals surface area contributed by atoms with Crippen molar-refractivity contribution in [3.05, 3.63) is 0 Å². The van der Waals surface area contributed by atoms with Crippen LogP contribution in [0.25, 0.3) is 0 Å². The lowest BCUT2D eigenvalue weighted by Gasteiger charge is -2.09. The fourth-order valence-corrected chi connectivity index (χ4v) is 3.19. The summed E-state index contributed by atoms with van der Waals surface area (Å²) in [6.07, 6.45) is 15.3. The predicted octanol–water partition coefficient (Wildman–Crippen LogP) is 5.81. The number of unbranched alkanes of at least 4 members (excludes halogenated alkanes) is 10. The lowest BCUT2D eigenvalue weighted by atomic mass is 10.1. The van der Waals surface area contributed by atoms with E-state index in [1.54, 1.807) is 0 Å². The van der Waals surface area contributed by atoms with E-state index in [1.165, 1.54) is 64.2 Å². The molecular weight excluding hydrogens is 408 g/mol. The molecule has 0 unspecified atom stereocenters. The molecule has 0 aliphatic carbocycles. The Bertz CT molecular complexity index is 327. The van der Waals surface area contributed by atoms with Crippen LogP contribution in [0, 0.1) is 0 Å². The van der Waals surface area contributed by atoms with Gasteiger partial charge in [0, 0.05) is 6.61 Å². The van der Waals surface area contributed by atoms with Crippen molar-refractivity contribution in [1.82, 2.24) is 0 Å². The third-order valence-corrected chi connectivity index (χ3v) is 5.06. The van der Waals surface area contributed by atoms with Crippen molar-refractivity contribution < 1.29 is 28.4 Å². The van der Waals surface area contributed by atoms with Gasteiger partial charge in [0.1, 0.15) is 0 Å². The van der Waals surface area contributed by atoms with E-state index in [-0.39, 0.29) is 6.10 Å². The van der Waals surface area contributed by atoms with Gasteiger partial charge in [0.05, 0.1) is 72.2 Å². The fourth-order valence-electron chi connectivity index (χ4n) is 3.19. The van der Waals surface area contributed by atoms with Gasteiger partial charge in [0.25, 0.3) is 0 Å². The van der Waals surface area contributed by atoms with Crippen LogP contribution in [0.5, 0.6) is 0 Å². The van der Waals surface area contributed by atoms with E-state index in [0.717, 1.165) is 13.0 Å². The Morgan fingerprint density at radius 2 is 0.688 bits per heavy atom. The first-order valence-electron chi connectivity index (χ1n) is 13.3. The molecule has 0 heterocycles. The SMILES string of the molecule is CCCCCCCCCCCCCOCCOCCOCCOCCOCCOC(C)C. The zero-order valence-corrected chi connectivity index (χ0v) is 21.6. The van der Waals surface area contributed by atoms with Gasteiger partial charge in [0.15, 0.2) is 0 Å². The lowest BCUT2D eigenvalue weighted by molar-refractivity contribution is -0.0213. The number of hydrogen-bond acceptors (Lipinski definition) is 6. The molecule has 0 fully saturated rings. The molecule has 0 aromatic carbocycles. The summed E-state index contributed by atoms with van der Waals surface area (Å²) in [5, 5.41) is 0. The molecule has 6 nitrogen and oxygen atoms in total. The molecule has 0 spiro atoms. The summed E-state index contributed by atoms with van der Waals surface area (Å²) in [6.45, 7) is 13.2.